The lowest BCUT2D eigenvalue weighted by Crippen LogP contribution is -2.47. The zero-order chi connectivity index (χ0) is 15.7. The number of ether oxygens (including phenoxy) is 2. The maximum atomic E-state index is 11.0. The Bertz CT molecular complexity index is 306. The Hall–Kier alpha value is -1.30. The number of aliphatic hydroxyl groups excluding tert-OH is 5. The van der Waals surface area contributed by atoms with Crippen molar-refractivity contribution in [2.75, 3.05) is 26.4 Å². The topological polar surface area (TPSA) is 174 Å². The largest absolute Gasteiger partial charge is 0.480 e. The minimum absolute atomic E-state index is 0.656. The molecule has 20 heavy (non-hydrogen) atoms. The molecule has 6 N–H and O–H groups in total. The van der Waals surface area contributed by atoms with Gasteiger partial charge in [0.2, 0.25) is 0 Å². The first kappa shape index (κ1) is 18.7. The number of carbonyl (C=O) groups excluding carboxylic acids is 1. The summed E-state index contributed by atoms with van der Waals surface area (Å²) in [5.41, 5.74) is 0. The molecule has 118 valence electrons. The molecule has 0 aliphatic carbocycles. The van der Waals surface area contributed by atoms with E-state index in [1.54, 1.807) is 0 Å². The zero-order valence-corrected chi connectivity index (χ0v) is 10.5. The first-order valence-corrected chi connectivity index (χ1v) is 5.57. The number of aliphatic hydroxyl groups is 5. The van der Waals surface area contributed by atoms with E-state index in [1.807, 2.05) is 0 Å². The van der Waals surface area contributed by atoms with E-state index in [0.29, 0.717) is 0 Å². The first-order valence-electron chi connectivity index (χ1n) is 5.57. The van der Waals surface area contributed by atoms with Gasteiger partial charge in [0.1, 0.15) is 44.2 Å². The summed E-state index contributed by atoms with van der Waals surface area (Å²) < 4.78 is 8.86. The molecule has 10 nitrogen and oxygen atoms in total. The Morgan fingerprint density at radius 2 is 1.50 bits per heavy atom. The third kappa shape index (κ3) is 7.33. The lowest BCUT2D eigenvalue weighted by molar-refractivity contribution is -0.162. The summed E-state index contributed by atoms with van der Waals surface area (Å²) in [5.74, 6) is -2.25. The van der Waals surface area contributed by atoms with E-state index in [9.17, 15) is 24.9 Å². The van der Waals surface area contributed by atoms with E-state index in [4.69, 9.17) is 15.3 Å². The summed E-state index contributed by atoms with van der Waals surface area (Å²) in [4.78, 5) is 21.1. The van der Waals surface area contributed by atoms with Gasteiger partial charge in [-0.25, -0.2) is 9.59 Å². The van der Waals surface area contributed by atoms with Crippen LogP contribution in [0.25, 0.3) is 0 Å². The first-order chi connectivity index (χ1) is 9.29. The number of hydrogen-bond acceptors (Lipinski definition) is 9. The lowest BCUT2D eigenvalue weighted by Gasteiger charge is -2.25. The van der Waals surface area contributed by atoms with Crippen LogP contribution in [-0.2, 0) is 19.1 Å². The molecule has 0 rings (SSSR count). The fourth-order valence-corrected chi connectivity index (χ4v) is 1.10. The second-order valence-corrected chi connectivity index (χ2v) is 3.87. The van der Waals surface area contributed by atoms with Crippen LogP contribution in [0.1, 0.15) is 0 Å². The van der Waals surface area contributed by atoms with Crippen molar-refractivity contribution in [3.05, 3.63) is 0 Å². The third-order valence-electron chi connectivity index (χ3n) is 2.19. The van der Waals surface area contributed by atoms with E-state index in [-0.39, 0.29) is 0 Å². The van der Waals surface area contributed by atoms with Gasteiger partial charge in [-0.3, -0.25) is 0 Å². The molecule has 0 aromatic heterocycles. The summed E-state index contributed by atoms with van der Waals surface area (Å²) in [7, 11) is 0. The van der Waals surface area contributed by atoms with Gasteiger partial charge in [0.25, 0.3) is 0 Å². The summed E-state index contributed by atoms with van der Waals surface area (Å²) in [6, 6.07) is 0. The van der Waals surface area contributed by atoms with E-state index >= 15 is 0 Å². The van der Waals surface area contributed by atoms with Crippen molar-refractivity contribution in [1.29, 1.82) is 0 Å². The standard InChI is InChI=1S/C10H18O10/c11-1-5(12)9(17)10(18)6(13)2-20-8(16)4-19-3-7(14)15/h5-6,9-13,17-18H,1-4H2,(H,14,15)/t5-,6+,9-,10-/m1/s1. The molecule has 0 amide bonds. The van der Waals surface area contributed by atoms with Crippen LogP contribution in [0.15, 0.2) is 0 Å². The molecule has 0 fully saturated rings. The van der Waals surface area contributed by atoms with Gasteiger partial charge in [0.05, 0.1) is 6.61 Å². The van der Waals surface area contributed by atoms with Gasteiger partial charge in [-0.05, 0) is 0 Å². The average molecular weight is 298 g/mol. The van der Waals surface area contributed by atoms with E-state index in [1.165, 1.54) is 0 Å². The van der Waals surface area contributed by atoms with Crippen molar-refractivity contribution < 1.29 is 49.7 Å². The number of rotatable bonds is 10. The minimum atomic E-state index is -1.84. The summed E-state index contributed by atoms with van der Waals surface area (Å²) in [5, 5.41) is 53.8. The van der Waals surface area contributed by atoms with Gasteiger partial charge >= 0.3 is 11.9 Å². The van der Waals surface area contributed by atoms with Crippen molar-refractivity contribution in [3.63, 3.8) is 0 Å². The smallest absolute Gasteiger partial charge is 0.332 e. The summed E-state index contributed by atoms with van der Waals surface area (Å²) in [6.07, 6.45) is -7.02. The van der Waals surface area contributed by atoms with E-state index < -0.39 is 62.8 Å². The average Bonchev–Trinajstić information content (AvgIpc) is 2.41. The van der Waals surface area contributed by atoms with Gasteiger partial charge < -0.3 is 40.1 Å². The van der Waals surface area contributed by atoms with Crippen LogP contribution in [0.2, 0.25) is 0 Å². The molecule has 0 aromatic carbocycles. The minimum Gasteiger partial charge on any atom is -0.480 e. The predicted molar refractivity (Wildman–Crippen MR) is 60.5 cm³/mol. The number of carbonyl (C=O) groups is 2. The molecule has 0 saturated heterocycles. The van der Waals surface area contributed by atoms with Crippen LogP contribution in [0.4, 0.5) is 0 Å². The molecule has 10 heteroatoms. The van der Waals surface area contributed by atoms with Crippen LogP contribution in [0, 0.1) is 0 Å². The van der Waals surface area contributed by atoms with Crippen molar-refractivity contribution in [1.82, 2.24) is 0 Å². The molecule has 0 unspecified atom stereocenters. The Morgan fingerprint density at radius 3 is 2.00 bits per heavy atom. The van der Waals surface area contributed by atoms with Crippen molar-refractivity contribution in [3.8, 4) is 0 Å². The maximum absolute atomic E-state index is 11.0. The monoisotopic (exact) mass is 298 g/mol. The summed E-state index contributed by atoms with van der Waals surface area (Å²) in [6.45, 7) is -2.88. The van der Waals surface area contributed by atoms with Crippen LogP contribution in [0.5, 0.6) is 0 Å². The highest BCUT2D eigenvalue weighted by atomic mass is 16.6. The quantitative estimate of drug-likeness (QED) is 0.218. The van der Waals surface area contributed by atoms with Crippen molar-refractivity contribution in [2.24, 2.45) is 0 Å². The van der Waals surface area contributed by atoms with Gasteiger partial charge in [-0.1, -0.05) is 0 Å². The third-order valence-corrected chi connectivity index (χ3v) is 2.19. The number of carboxylic acids is 1. The molecule has 0 heterocycles. The molecule has 4 atom stereocenters. The molecule has 0 bridgehead atoms. The van der Waals surface area contributed by atoms with Gasteiger partial charge in [-0.2, -0.15) is 0 Å². The highest BCUT2D eigenvalue weighted by Crippen LogP contribution is 2.05. The SMILES string of the molecule is O=C(O)COCC(=O)OC[C@H](O)[C@@H](O)[C@H](O)[C@H](O)CO. The molecule has 0 aliphatic heterocycles. The Labute approximate surface area is 113 Å². The molecular weight excluding hydrogens is 280 g/mol. The molecule has 0 aromatic rings. The second kappa shape index (κ2) is 9.58. The van der Waals surface area contributed by atoms with Crippen LogP contribution in [-0.4, -0.2) is 93.4 Å². The van der Waals surface area contributed by atoms with Crippen LogP contribution >= 0.6 is 0 Å². The zero-order valence-electron chi connectivity index (χ0n) is 10.5. The number of hydrogen-bond donors (Lipinski definition) is 6. The molecule has 0 spiro atoms. The Morgan fingerprint density at radius 1 is 0.950 bits per heavy atom. The summed E-state index contributed by atoms with van der Waals surface area (Å²) >= 11 is 0. The number of aliphatic carboxylic acids is 1. The molecular formula is C10H18O10. The predicted octanol–water partition coefficient (Wildman–Crippen LogP) is -3.93. The fourth-order valence-electron chi connectivity index (χ4n) is 1.10. The van der Waals surface area contributed by atoms with E-state index in [0.717, 1.165) is 0 Å². The Balaban J connectivity index is 3.99. The normalized spacial score (nSPS) is 17.1. The number of carboxylic acid groups (broad SMARTS) is 1. The molecule has 0 aliphatic rings. The van der Waals surface area contributed by atoms with Crippen molar-refractivity contribution in [2.45, 2.75) is 24.4 Å². The fraction of sp³-hybridized carbons (Fsp3) is 0.800. The van der Waals surface area contributed by atoms with Gasteiger partial charge in [-0.15, -0.1) is 0 Å². The Kier molecular flexibility index (Phi) is 8.96. The highest BCUT2D eigenvalue weighted by molar-refractivity contribution is 5.72. The number of esters is 1. The molecule has 0 saturated carbocycles. The van der Waals surface area contributed by atoms with Gasteiger partial charge in [0, 0.05) is 0 Å². The van der Waals surface area contributed by atoms with Crippen LogP contribution < -0.4 is 0 Å². The highest BCUT2D eigenvalue weighted by Gasteiger charge is 2.30. The van der Waals surface area contributed by atoms with Crippen LogP contribution in [0.3, 0.4) is 0 Å². The van der Waals surface area contributed by atoms with E-state index in [2.05, 4.69) is 9.47 Å². The lowest BCUT2D eigenvalue weighted by atomic mass is 10.0. The van der Waals surface area contributed by atoms with Crippen molar-refractivity contribution >= 4 is 11.9 Å². The maximum Gasteiger partial charge on any atom is 0.332 e. The van der Waals surface area contributed by atoms with Gasteiger partial charge in [0.15, 0.2) is 0 Å². The second-order valence-electron chi connectivity index (χ2n) is 3.87. The molecule has 0 radical (unpaired) electrons.